The molecule has 0 fully saturated rings. The van der Waals surface area contributed by atoms with Crippen molar-refractivity contribution in [3.63, 3.8) is 0 Å². The summed E-state index contributed by atoms with van der Waals surface area (Å²) in [4.78, 5) is 12.7. The summed E-state index contributed by atoms with van der Waals surface area (Å²) in [5, 5.41) is 20.5. The summed E-state index contributed by atoms with van der Waals surface area (Å²) in [5.41, 5.74) is 1.13. The summed E-state index contributed by atoms with van der Waals surface area (Å²) in [6.45, 7) is 2.52. The first-order valence-electron chi connectivity index (χ1n) is 10.8. The molecular formula is C25H34O4. The van der Waals surface area contributed by atoms with Crippen molar-refractivity contribution in [2.24, 2.45) is 0 Å². The van der Waals surface area contributed by atoms with Crippen LogP contribution in [-0.4, -0.2) is 22.1 Å². The van der Waals surface area contributed by atoms with Crippen LogP contribution in [0.15, 0.2) is 48.5 Å². The highest BCUT2D eigenvalue weighted by Crippen LogP contribution is 2.30. The van der Waals surface area contributed by atoms with Gasteiger partial charge in [-0.2, -0.15) is 0 Å². The molecule has 0 aliphatic rings. The largest absolute Gasteiger partial charge is 0.507 e. The maximum atomic E-state index is 12.7. The van der Waals surface area contributed by atoms with Crippen molar-refractivity contribution >= 4 is 5.78 Å². The van der Waals surface area contributed by atoms with E-state index in [2.05, 4.69) is 6.92 Å². The maximum Gasteiger partial charge on any atom is 0.172 e. The van der Waals surface area contributed by atoms with Crippen molar-refractivity contribution in [2.75, 3.05) is 0 Å². The van der Waals surface area contributed by atoms with E-state index in [1.54, 1.807) is 12.1 Å². The molecule has 0 aliphatic carbocycles. The Bertz CT molecular complexity index is 727. The van der Waals surface area contributed by atoms with Gasteiger partial charge >= 0.3 is 0 Å². The monoisotopic (exact) mass is 398 g/mol. The Labute approximate surface area is 174 Å². The highest BCUT2D eigenvalue weighted by molar-refractivity contribution is 6.01. The molecule has 0 radical (unpaired) electrons. The first kappa shape index (κ1) is 23.0. The second-order valence-corrected chi connectivity index (χ2v) is 7.62. The normalized spacial score (nSPS) is 11.9. The number of ketones is 1. The SMILES string of the molecule is CCCCCCCCCC(O)CC(=O)c1c(O)cccc1OCc1ccccc1. The molecule has 0 saturated carbocycles. The second-order valence-electron chi connectivity index (χ2n) is 7.62. The first-order valence-corrected chi connectivity index (χ1v) is 10.8. The highest BCUT2D eigenvalue weighted by Gasteiger charge is 2.20. The van der Waals surface area contributed by atoms with Gasteiger partial charge in [0, 0.05) is 6.42 Å². The van der Waals surface area contributed by atoms with E-state index in [9.17, 15) is 15.0 Å². The van der Waals surface area contributed by atoms with Gasteiger partial charge in [0.25, 0.3) is 0 Å². The van der Waals surface area contributed by atoms with E-state index in [1.165, 1.54) is 38.2 Å². The fourth-order valence-corrected chi connectivity index (χ4v) is 3.41. The van der Waals surface area contributed by atoms with Crippen LogP contribution in [-0.2, 0) is 6.61 Å². The second kappa shape index (κ2) is 13.0. The summed E-state index contributed by atoms with van der Waals surface area (Å²) in [7, 11) is 0. The Kier molecular flexibility index (Phi) is 10.3. The fourth-order valence-electron chi connectivity index (χ4n) is 3.41. The summed E-state index contributed by atoms with van der Waals surface area (Å²) in [5.74, 6) is -0.0488. The van der Waals surface area contributed by atoms with Crippen LogP contribution in [0.3, 0.4) is 0 Å². The predicted octanol–water partition coefficient (Wildman–Crippen LogP) is 6.05. The summed E-state index contributed by atoms with van der Waals surface area (Å²) in [6.07, 6.45) is 8.12. The number of hydrogen-bond donors (Lipinski definition) is 2. The number of carbonyl (C=O) groups is 1. The van der Waals surface area contributed by atoms with Crippen LogP contribution >= 0.6 is 0 Å². The number of aliphatic hydroxyl groups excluding tert-OH is 1. The number of carbonyl (C=O) groups excluding carboxylic acids is 1. The number of rotatable bonds is 14. The molecule has 2 aromatic rings. The van der Waals surface area contributed by atoms with E-state index >= 15 is 0 Å². The van der Waals surface area contributed by atoms with Crippen molar-refractivity contribution in [2.45, 2.75) is 77.4 Å². The molecule has 0 spiro atoms. The first-order chi connectivity index (χ1) is 14.1. The Hall–Kier alpha value is -2.33. The lowest BCUT2D eigenvalue weighted by Gasteiger charge is -2.14. The molecule has 4 nitrogen and oxygen atoms in total. The lowest BCUT2D eigenvalue weighted by molar-refractivity contribution is 0.0857. The number of phenols is 1. The molecule has 4 heteroatoms. The maximum absolute atomic E-state index is 12.7. The smallest absolute Gasteiger partial charge is 0.172 e. The third kappa shape index (κ3) is 8.28. The van der Waals surface area contributed by atoms with Crippen molar-refractivity contribution in [3.8, 4) is 11.5 Å². The van der Waals surface area contributed by atoms with Crippen LogP contribution in [0.25, 0.3) is 0 Å². The van der Waals surface area contributed by atoms with Gasteiger partial charge in [-0.25, -0.2) is 0 Å². The van der Waals surface area contributed by atoms with Crippen LogP contribution in [0.4, 0.5) is 0 Å². The molecule has 2 N–H and O–H groups in total. The topological polar surface area (TPSA) is 66.8 Å². The van der Waals surface area contributed by atoms with Gasteiger partial charge in [0.15, 0.2) is 5.78 Å². The van der Waals surface area contributed by atoms with Crippen molar-refractivity contribution in [3.05, 3.63) is 59.7 Å². The highest BCUT2D eigenvalue weighted by atomic mass is 16.5. The van der Waals surface area contributed by atoms with Crippen LogP contribution in [0.1, 0.15) is 80.6 Å². The number of hydrogen-bond acceptors (Lipinski definition) is 4. The molecule has 0 bridgehead atoms. The molecule has 2 rings (SSSR count). The number of ether oxygens (including phenoxy) is 1. The summed E-state index contributed by atoms with van der Waals surface area (Å²) >= 11 is 0. The van der Waals surface area contributed by atoms with E-state index in [1.807, 2.05) is 30.3 Å². The number of benzene rings is 2. The fraction of sp³-hybridized carbons (Fsp3) is 0.480. The summed E-state index contributed by atoms with van der Waals surface area (Å²) in [6, 6.07) is 14.5. The lowest BCUT2D eigenvalue weighted by atomic mass is 9.99. The van der Waals surface area contributed by atoms with E-state index in [0.29, 0.717) is 18.8 Å². The van der Waals surface area contributed by atoms with Crippen molar-refractivity contribution in [1.29, 1.82) is 0 Å². The van der Waals surface area contributed by atoms with Gasteiger partial charge in [0.1, 0.15) is 23.7 Å². The molecule has 29 heavy (non-hydrogen) atoms. The minimum atomic E-state index is -0.695. The Morgan fingerprint density at radius 3 is 2.34 bits per heavy atom. The van der Waals surface area contributed by atoms with Crippen molar-refractivity contribution < 1.29 is 19.7 Å². The Morgan fingerprint density at radius 2 is 1.62 bits per heavy atom. The van der Waals surface area contributed by atoms with Gasteiger partial charge in [0.2, 0.25) is 0 Å². The number of unbranched alkanes of at least 4 members (excludes halogenated alkanes) is 6. The quantitative estimate of drug-likeness (QED) is 0.300. The van der Waals surface area contributed by atoms with Gasteiger partial charge in [-0.3, -0.25) is 4.79 Å². The molecule has 0 aromatic heterocycles. The zero-order valence-corrected chi connectivity index (χ0v) is 17.5. The van der Waals surface area contributed by atoms with Gasteiger partial charge < -0.3 is 14.9 Å². The van der Waals surface area contributed by atoms with Crippen molar-refractivity contribution in [1.82, 2.24) is 0 Å². The Morgan fingerprint density at radius 1 is 0.931 bits per heavy atom. The lowest BCUT2D eigenvalue weighted by Crippen LogP contribution is -2.15. The van der Waals surface area contributed by atoms with Gasteiger partial charge in [0.05, 0.1) is 6.10 Å². The van der Waals surface area contributed by atoms with Gasteiger partial charge in [-0.1, -0.05) is 88.3 Å². The third-order valence-corrected chi connectivity index (χ3v) is 5.08. The molecule has 0 saturated heterocycles. The number of aliphatic hydroxyl groups is 1. The average molecular weight is 399 g/mol. The Balaban J connectivity index is 1.84. The molecular weight excluding hydrogens is 364 g/mol. The molecule has 0 heterocycles. The molecule has 0 amide bonds. The van der Waals surface area contributed by atoms with Crippen LogP contribution in [0, 0.1) is 0 Å². The number of Topliss-reactive ketones (excluding diaryl/α,β-unsaturated/α-hetero) is 1. The van der Waals surface area contributed by atoms with Crippen LogP contribution in [0.5, 0.6) is 11.5 Å². The minimum Gasteiger partial charge on any atom is -0.507 e. The minimum absolute atomic E-state index is 0.00486. The number of aromatic hydroxyl groups is 1. The van der Waals surface area contributed by atoms with E-state index in [4.69, 9.17) is 4.74 Å². The average Bonchev–Trinajstić information content (AvgIpc) is 2.72. The predicted molar refractivity (Wildman–Crippen MR) is 116 cm³/mol. The van der Waals surface area contributed by atoms with Crippen LogP contribution < -0.4 is 4.74 Å². The molecule has 1 atom stereocenters. The van der Waals surface area contributed by atoms with Crippen LogP contribution in [0.2, 0.25) is 0 Å². The summed E-state index contributed by atoms with van der Waals surface area (Å²) < 4.78 is 5.79. The molecule has 0 aliphatic heterocycles. The zero-order chi connectivity index (χ0) is 20.9. The molecule has 158 valence electrons. The van der Waals surface area contributed by atoms with Gasteiger partial charge in [-0.15, -0.1) is 0 Å². The van der Waals surface area contributed by atoms with E-state index in [0.717, 1.165) is 18.4 Å². The molecule has 1 unspecified atom stereocenters. The standard InChI is InChI=1S/C25H34O4/c1-2-3-4-5-6-7-11-15-21(26)18-23(28)25-22(27)16-12-17-24(25)29-19-20-13-9-8-10-14-20/h8-10,12-14,16-17,21,26-27H,2-7,11,15,18-19H2,1H3. The number of phenolic OH excluding ortho intramolecular Hbond substituents is 1. The zero-order valence-electron chi connectivity index (χ0n) is 17.5. The van der Waals surface area contributed by atoms with Gasteiger partial charge in [-0.05, 0) is 24.1 Å². The molecule has 2 aromatic carbocycles. The van der Waals surface area contributed by atoms with E-state index in [-0.39, 0.29) is 23.5 Å². The third-order valence-electron chi connectivity index (χ3n) is 5.08. The van der Waals surface area contributed by atoms with E-state index < -0.39 is 6.10 Å².